The third kappa shape index (κ3) is 4.09. The first-order valence-electron chi connectivity index (χ1n) is 8.24. The molecule has 1 aromatic carbocycles. The van der Waals surface area contributed by atoms with Gasteiger partial charge in [0.05, 0.1) is 6.04 Å². The highest BCUT2D eigenvalue weighted by Gasteiger charge is 2.19. The summed E-state index contributed by atoms with van der Waals surface area (Å²) in [5.74, 6) is -1.12. The number of benzene rings is 1. The van der Waals surface area contributed by atoms with Gasteiger partial charge in [0, 0.05) is 6.04 Å². The largest absolute Gasteiger partial charge is 0.345 e. The smallest absolute Gasteiger partial charge is 0.309 e. The summed E-state index contributed by atoms with van der Waals surface area (Å²) in [6.45, 7) is 5.77. The van der Waals surface area contributed by atoms with Gasteiger partial charge in [-0.2, -0.15) is 0 Å². The lowest BCUT2D eigenvalue weighted by Crippen LogP contribution is -2.44. The number of carbonyl (C=O) groups is 2. The molecule has 2 rings (SSSR count). The minimum absolute atomic E-state index is 0.0114. The predicted octanol–water partition coefficient (Wildman–Crippen LogP) is 2.66. The van der Waals surface area contributed by atoms with E-state index in [0.717, 1.165) is 24.8 Å². The molecule has 0 aliphatic heterocycles. The molecule has 0 fully saturated rings. The lowest BCUT2D eigenvalue weighted by molar-refractivity contribution is -0.140. The van der Waals surface area contributed by atoms with Crippen LogP contribution in [0.25, 0.3) is 0 Å². The molecule has 0 heterocycles. The standard InChI is InChI=1S/C18H26N2O2/c1-4-12(2)19-17(21)18(22)20-13(3)15-10-9-14-7-5-6-8-16(14)11-15/h9-13H,4-8H2,1-3H3,(H,19,21)(H,20,22). The average molecular weight is 302 g/mol. The van der Waals surface area contributed by atoms with Crippen LogP contribution in [0.1, 0.15) is 62.8 Å². The van der Waals surface area contributed by atoms with Crippen LogP contribution >= 0.6 is 0 Å². The van der Waals surface area contributed by atoms with E-state index in [9.17, 15) is 9.59 Å². The van der Waals surface area contributed by atoms with Crippen LogP contribution in [-0.2, 0) is 22.4 Å². The van der Waals surface area contributed by atoms with Gasteiger partial charge in [-0.25, -0.2) is 0 Å². The van der Waals surface area contributed by atoms with Crippen molar-refractivity contribution in [1.29, 1.82) is 0 Å². The molecule has 0 saturated heterocycles. The molecule has 0 bridgehead atoms. The summed E-state index contributed by atoms with van der Waals surface area (Å²) in [6.07, 6.45) is 5.55. The fourth-order valence-corrected chi connectivity index (χ4v) is 2.76. The maximum atomic E-state index is 11.9. The zero-order valence-electron chi connectivity index (χ0n) is 13.7. The Kier molecular flexibility index (Phi) is 5.58. The van der Waals surface area contributed by atoms with Crippen molar-refractivity contribution in [2.45, 2.75) is 65.0 Å². The molecular formula is C18H26N2O2. The number of hydrogen-bond donors (Lipinski definition) is 2. The van der Waals surface area contributed by atoms with Gasteiger partial charge in [-0.1, -0.05) is 25.1 Å². The summed E-state index contributed by atoms with van der Waals surface area (Å²) >= 11 is 0. The highest BCUT2D eigenvalue weighted by Crippen LogP contribution is 2.24. The third-order valence-corrected chi connectivity index (χ3v) is 4.42. The van der Waals surface area contributed by atoms with Gasteiger partial charge in [-0.05, 0) is 62.6 Å². The van der Waals surface area contributed by atoms with Crippen molar-refractivity contribution in [2.75, 3.05) is 0 Å². The summed E-state index contributed by atoms with van der Waals surface area (Å²) in [6, 6.07) is 6.24. The van der Waals surface area contributed by atoms with Gasteiger partial charge in [-0.15, -0.1) is 0 Å². The van der Waals surface area contributed by atoms with Gasteiger partial charge in [-0.3, -0.25) is 9.59 Å². The molecule has 0 radical (unpaired) electrons. The lowest BCUT2D eigenvalue weighted by atomic mass is 9.89. The number of nitrogens with one attached hydrogen (secondary N) is 2. The molecular weight excluding hydrogens is 276 g/mol. The van der Waals surface area contributed by atoms with Crippen LogP contribution < -0.4 is 10.6 Å². The minimum atomic E-state index is -0.564. The number of fused-ring (bicyclic) bond motifs is 1. The second-order valence-corrected chi connectivity index (χ2v) is 6.21. The molecule has 0 saturated carbocycles. The van der Waals surface area contributed by atoms with Gasteiger partial charge in [0.15, 0.2) is 0 Å². The third-order valence-electron chi connectivity index (χ3n) is 4.42. The van der Waals surface area contributed by atoms with Gasteiger partial charge < -0.3 is 10.6 Å². The molecule has 1 aromatic rings. The summed E-state index contributed by atoms with van der Waals surface area (Å²) in [5, 5.41) is 5.47. The summed E-state index contributed by atoms with van der Waals surface area (Å²) in [4.78, 5) is 23.7. The Balaban J connectivity index is 1.98. The van der Waals surface area contributed by atoms with Crippen LogP contribution in [-0.4, -0.2) is 17.9 Å². The Morgan fingerprint density at radius 1 is 1.05 bits per heavy atom. The average Bonchev–Trinajstić information content (AvgIpc) is 2.53. The molecule has 2 amide bonds. The Labute approximate surface area is 132 Å². The van der Waals surface area contributed by atoms with Crippen LogP contribution in [0.5, 0.6) is 0 Å². The normalized spacial score (nSPS) is 16.3. The molecule has 0 aromatic heterocycles. The van der Waals surface area contributed by atoms with Gasteiger partial charge in [0.1, 0.15) is 0 Å². The molecule has 1 aliphatic carbocycles. The molecule has 4 nitrogen and oxygen atoms in total. The Morgan fingerprint density at radius 3 is 2.36 bits per heavy atom. The molecule has 0 spiro atoms. The molecule has 120 valence electrons. The fourth-order valence-electron chi connectivity index (χ4n) is 2.76. The first-order chi connectivity index (χ1) is 10.5. The van der Waals surface area contributed by atoms with E-state index in [2.05, 4.69) is 28.8 Å². The van der Waals surface area contributed by atoms with Crippen LogP contribution in [0.3, 0.4) is 0 Å². The van der Waals surface area contributed by atoms with Crippen molar-refractivity contribution in [3.63, 3.8) is 0 Å². The van der Waals surface area contributed by atoms with E-state index >= 15 is 0 Å². The van der Waals surface area contributed by atoms with E-state index in [1.807, 2.05) is 20.8 Å². The second kappa shape index (κ2) is 7.43. The van der Waals surface area contributed by atoms with Gasteiger partial charge in [0.25, 0.3) is 0 Å². The van der Waals surface area contributed by atoms with Crippen molar-refractivity contribution in [1.82, 2.24) is 10.6 Å². The first kappa shape index (κ1) is 16.5. The van der Waals surface area contributed by atoms with Crippen molar-refractivity contribution in [2.24, 2.45) is 0 Å². The topological polar surface area (TPSA) is 58.2 Å². The number of rotatable bonds is 4. The summed E-state index contributed by atoms with van der Waals surface area (Å²) in [7, 11) is 0. The maximum absolute atomic E-state index is 11.9. The van der Waals surface area contributed by atoms with E-state index in [0.29, 0.717) is 0 Å². The second-order valence-electron chi connectivity index (χ2n) is 6.21. The zero-order chi connectivity index (χ0) is 16.1. The fraction of sp³-hybridized carbons (Fsp3) is 0.556. The van der Waals surface area contributed by atoms with Gasteiger partial charge >= 0.3 is 11.8 Å². The van der Waals surface area contributed by atoms with Gasteiger partial charge in [0.2, 0.25) is 0 Å². The summed E-state index contributed by atoms with van der Waals surface area (Å²) in [5.41, 5.74) is 3.86. The molecule has 2 atom stereocenters. The van der Waals surface area contributed by atoms with Crippen molar-refractivity contribution >= 4 is 11.8 Å². The molecule has 1 aliphatic rings. The number of carbonyl (C=O) groups excluding carboxylic acids is 2. The monoisotopic (exact) mass is 302 g/mol. The molecule has 2 unspecified atom stereocenters. The summed E-state index contributed by atoms with van der Waals surface area (Å²) < 4.78 is 0. The molecule has 22 heavy (non-hydrogen) atoms. The number of amides is 2. The van der Waals surface area contributed by atoms with E-state index < -0.39 is 11.8 Å². The quantitative estimate of drug-likeness (QED) is 0.840. The zero-order valence-corrected chi connectivity index (χ0v) is 13.7. The van der Waals surface area contributed by atoms with E-state index in [1.165, 1.54) is 24.0 Å². The van der Waals surface area contributed by atoms with Crippen LogP contribution in [0, 0.1) is 0 Å². The number of hydrogen-bond acceptors (Lipinski definition) is 2. The van der Waals surface area contributed by atoms with Crippen molar-refractivity contribution < 1.29 is 9.59 Å². The van der Waals surface area contributed by atoms with Crippen LogP contribution in [0.4, 0.5) is 0 Å². The van der Waals surface area contributed by atoms with E-state index in [4.69, 9.17) is 0 Å². The number of aryl methyl sites for hydroxylation is 2. The SMILES string of the molecule is CCC(C)NC(=O)C(=O)NC(C)c1ccc2c(c1)CCCC2. The van der Waals surface area contributed by atoms with Crippen molar-refractivity contribution in [3.05, 3.63) is 34.9 Å². The highest BCUT2D eigenvalue weighted by atomic mass is 16.2. The highest BCUT2D eigenvalue weighted by molar-refractivity contribution is 6.35. The van der Waals surface area contributed by atoms with Crippen LogP contribution in [0.2, 0.25) is 0 Å². The Hall–Kier alpha value is -1.84. The van der Waals surface area contributed by atoms with Crippen LogP contribution in [0.15, 0.2) is 18.2 Å². The van der Waals surface area contributed by atoms with Crippen molar-refractivity contribution in [3.8, 4) is 0 Å². The first-order valence-corrected chi connectivity index (χ1v) is 8.24. The predicted molar refractivity (Wildman–Crippen MR) is 87.5 cm³/mol. The maximum Gasteiger partial charge on any atom is 0.309 e. The molecule has 4 heteroatoms. The Morgan fingerprint density at radius 2 is 1.68 bits per heavy atom. The van der Waals surface area contributed by atoms with E-state index in [-0.39, 0.29) is 12.1 Å². The molecule has 2 N–H and O–H groups in total. The lowest BCUT2D eigenvalue weighted by Gasteiger charge is -2.20. The van der Waals surface area contributed by atoms with E-state index in [1.54, 1.807) is 0 Å². The minimum Gasteiger partial charge on any atom is -0.345 e. The Bertz CT molecular complexity index is 554.